The fraction of sp³-hybridized carbons (Fsp3) is 0.400. The maximum Gasteiger partial charge on any atom is 0.234 e. The Kier molecular flexibility index (Phi) is 8.80. The first-order chi connectivity index (χ1) is 15.8. The third kappa shape index (κ3) is 6.98. The molecule has 3 rings (SSSR count). The van der Waals surface area contributed by atoms with E-state index in [2.05, 4.69) is 48.4 Å². The second-order valence-electron chi connectivity index (χ2n) is 8.46. The Labute approximate surface area is 205 Å². The van der Waals surface area contributed by atoms with Gasteiger partial charge in [-0.3, -0.25) is 4.79 Å². The van der Waals surface area contributed by atoms with Crippen LogP contribution in [0.25, 0.3) is 0 Å². The number of carbonyl (C=O) groups is 1. The van der Waals surface area contributed by atoms with Gasteiger partial charge in [-0.2, -0.15) is 0 Å². The molecule has 0 saturated heterocycles. The summed E-state index contributed by atoms with van der Waals surface area (Å²) in [6.45, 7) is 11.4. The zero-order valence-corrected chi connectivity index (χ0v) is 21.4. The number of anilines is 1. The largest absolute Gasteiger partial charge is 0.486 e. The second-order valence-corrected chi connectivity index (χ2v) is 9.81. The van der Waals surface area contributed by atoms with E-state index in [1.807, 2.05) is 42.7 Å². The maximum atomic E-state index is 12.6. The molecule has 1 heterocycles. The molecule has 3 aromatic rings. The highest BCUT2D eigenvalue weighted by atomic mass is 35.5. The number of benzene rings is 2. The standard InChI is InChI=1S/C25H31ClN4O2S/c1-6-19-7-9-20(10-8-19)32-14-22-28-29-25(30(22)13-16(2)3)33-15-23(31)27-24-18(5)11-17(4)12-21(24)26/h7-12,16H,6,13-15H2,1-5H3,(H,27,31). The smallest absolute Gasteiger partial charge is 0.234 e. The molecule has 8 heteroatoms. The molecule has 1 aromatic heterocycles. The third-order valence-electron chi connectivity index (χ3n) is 5.07. The summed E-state index contributed by atoms with van der Waals surface area (Å²) >= 11 is 7.68. The number of amides is 1. The number of nitrogens with zero attached hydrogens (tertiary/aromatic N) is 3. The van der Waals surface area contributed by atoms with Crippen LogP contribution in [0.5, 0.6) is 5.75 Å². The van der Waals surface area contributed by atoms with Gasteiger partial charge in [-0.15, -0.1) is 10.2 Å². The summed E-state index contributed by atoms with van der Waals surface area (Å²) in [6.07, 6.45) is 0.993. The van der Waals surface area contributed by atoms with E-state index in [-0.39, 0.29) is 11.7 Å². The monoisotopic (exact) mass is 486 g/mol. The zero-order chi connectivity index (χ0) is 24.0. The van der Waals surface area contributed by atoms with Crippen LogP contribution in [-0.4, -0.2) is 26.4 Å². The predicted molar refractivity (Wildman–Crippen MR) is 135 cm³/mol. The third-order valence-corrected chi connectivity index (χ3v) is 6.33. The lowest BCUT2D eigenvalue weighted by Crippen LogP contribution is -2.17. The maximum absolute atomic E-state index is 12.6. The number of nitrogens with one attached hydrogen (secondary N) is 1. The van der Waals surface area contributed by atoms with Crippen LogP contribution in [0.4, 0.5) is 5.69 Å². The number of ether oxygens (including phenoxy) is 1. The fourth-order valence-electron chi connectivity index (χ4n) is 3.43. The van der Waals surface area contributed by atoms with E-state index in [1.54, 1.807) is 0 Å². The van der Waals surface area contributed by atoms with Crippen molar-refractivity contribution in [3.63, 3.8) is 0 Å². The van der Waals surface area contributed by atoms with Gasteiger partial charge in [-0.05, 0) is 61.1 Å². The number of rotatable bonds is 10. The first-order valence-electron chi connectivity index (χ1n) is 11.1. The van der Waals surface area contributed by atoms with Gasteiger partial charge in [0.2, 0.25) is 5.91 Å². The first kappa shape index (κ1) is 25.1. The Hall–Kier alpha value is -2.51. The lowest BCUT2D eigenvalue weighted by Gasteiger charge is -2.14. The lowest BCUT2D eigenvalue weighted by molar-refractivity contribution is -0.113. The van der Waals surface area contributed by atoms with Crippen molar-refractivity contribution in [3.05, 3.63) is 63.9 Å². The average molecular weight is 487 g/mol. The molecule has 0 fully saturated rings. The molecule has 0 radical (unpaired) electrons. The van der Waals surface area contributed by atoms with Crippen LogP contribution >= 0.6 is 23.4 Å². The minimum absolute atomic E-state index is 0.137. The Balaban J connectivity index is 1.66. The highest BCUT2D eigenvalue weighted by molar-refractivity contribution is 7.99. The second kappa shape index (κ2) is 11.6. The summed E-state index contributed by atoms with van der Waals surface area (Å²) in [7, 11) is 0. The van der Waals surface area contributed by atoms with E-state index in [1.165, 1.54) is 17.3 Å². The summed E-state index contributed by atoms with van der Waals surface area (Å²) in [5, 5.41) is 12.8. The molecule has 0 aliphatic carbocycles. The Morgan fingerprint density at radius 3 is 2.55 bits per heavy atom. The van der Waals surface area contributed by atoms with Gasteiger partial charge in [0.25, 0.3) is 0 Å². The Morgan fingerprint density at radius 1 is 1.18 bits per heavy atom. The first-order valence-corrected chi connectivity index (χ1v) is 12.5. The summed E-state index contributed by atoms with van der Waals surface area (Å²) in [4.78, 5) is 12.6. The Morgan fingerprint density at radius 2 is 1.91 bits per heavy atom. The van der Waals surface area contributed by atoms with E-state index in [9.17, 15) is 4.79 Å². The molecule has 176 valence electrons. The van der Waals surface area contributed by atoms with E-state index in [0.717, 1.165) is 35.7 Å². The van der Waals surface area contributed by atoms with Gasteiger partial charge in [0, 0.05) is 6.54 Å². The topological polar surface area (TPSA) is 69.0 Å². The number of thioether (sulfide) groups is 1. The minimum Gasteiger partial charge on any atom is -0.486 e. The fourth-order valence-corrected chi connectivity index (χ4v) is 4.57. The number of hydrogen-bond donors (Lipinski definition) is 1. The zero-order valence-electron chi connectivity index (χ0n) is 19.8. The van der Waals surface area contributed by atoms with E-state index < -0.39 is 0 Å². The van der Waals surface area contributed by atoms with Gasteiger partial charge in [0.1, 0.15) is 12.4 Å². The van der Waals surface area contributed by atoms with Crippen molar-refractivity contribution >= 4 is 35.0 Å². The van der Waals surface area contributed by atoms with E-state index >= 15 is 0 Å². The van der Waals surface area contributed by atoms with Crippen molar-refractivity contribution in [1.82, 2.24) is 14.8 Å². The van der Waals surface area contributed by atoms with Gasteiger partial charge >= 0.3 is 0 Å². The SMILES string of the molecule is CCc1ccc(OCc2nnc(SCC(=O)Nc3c(C)cc(C)cc3Cl)n2CC(C)C)cc1. The van der Waals surface area contributed by atoms with Crippen LogP contribution in [0.3, 0.4) is 0 Å². The quantitative estimate of drug-likeness (QED) is 0.352. The van der Waals surface area contributed by atoms with Gasteiger partial charge in [-0.25, -0.2) is 0 Å². The molecular weight excluding hydrogens is 456 g/mol. The molecule has 0 bridgehead atoms. The van der Waals surface area contributed by atoms with Crippen LogP contribution in [-0.2, 0) is 24.4 Å². The van der Waals surface area contributed by atoms with Crippen LogP contribution in [0.15, 0.2) is 41.6 Å². The normalized spacial score (nSPS) is 11.1. The van der Waals surface area contributed by atoms with Crippen molar-refractivity contribution < 1.29 is 9.53 Å². The van der Waals surface area contributed by atoms with Crippen molar-refractivity contribution in [2.75, 3.05) is 11.1 Å². The highest BCUT2D eigenvalue weighted by Crippen LogP contribution is 2.28. The minimum atomic E-state index is -0.137. The van der Waals surface area contributed by atoms with E-state index in [4.69, 9.17) is 16.3 Å². The molecule has 0 aliphatic heterocycles. The number of carbonyl (C=O) groups excluding carboxylic acids is 1. The molecule has 0 unspecified atom stereocenters. The number of halogens is 1. The highest BCUT2D eigenvalue weighted by Gasteiger charge is 2.17. The van der Waals surface area contributed by atoms with E-state index in [0.29, 0.717) is 28.4 Å². The molecule has 0 atom stereocenters. The molecule has 1 amide bonds. The van der Waals surface area contributed by atoms with Crippen molar-refractivity contribution in [2.24, 2.45) is 5.92 Å². The molecule has 0 spiro atoms. The summed E-state index contributed by atoms with van der Waals surface area (Å²) in [5.41, 5.74) is 3.92. The molecular formula is C25H31ClN4O2S. The molecule has 0 saturated carbocycles. The van der Waals surface area contributed by atoms with Crippen molar-refractivity contribution in [2.45, 2.75) is 59.3 Å². The summed E-state index contributed by atoms with van der Waals surface area (Å²) in [6, 6.07) is 11.9. The van der Waals surface area contributed by atoms with Crippen LogP contribution < -0.4 is 10.1 Å². The van der Waals surface area contributed by atoms with Crippen molar-refractivity contribution in [1.29, 1.82) is 0 Å². The van der Waals surface area contributed by atoms with Crippen molar-refractivity contribution in [3.8, 4) is 5.75 Å². The van der Waals surface area contributed by atoms with Gasteiger partial charge < -0.3 is 14.6 Å². The van der Waals surface area contributed by atoms with Crippen LogP contribution in [0, 0.1) is 19.8 Å². The van der Waals surface area contributed by atoms with Gasteiger partial charge in [-0.1, -0.05) is 62.3 Å². The molecule has 2 aromatic carbocycles. The van der Waals surface area contributed by atoms with Crippen LogP contribution in [0.1, 0.15) is 43.3 Å². The van der Waals surface area contributed by atoms with Gasteiger partial charge in [0.05, 0.1) is 16.5 Å². The predicted octanol–water partition coefficient (Wildman–Crippen LogP) is 6.08. The number of aromatic nitrogens is 3. The van der Waals surface area contributed by atoms with Crippen LogP contribution in [0.2, 0.25) is 5.02 Å². The summed E-state index contributed by atoms with van der Waals surface area (Å²) < 4.78 is 7.98. The molecule has 0 aliphatic rings. The number of aryl methyl sites for hydroxylation is 3. The average Bonchev–Trinajstić information content (AvgIpc) is 3.14. The lowest BCUT2D eigenvalue weighted by atomic mass is 10.1. The number of hydrogen-bond acceptors (Lipinski definition) is 5. The molecule has 6 nitrogen and oxygen atoms in total. The summed E-state index contributed by atoms with van der Waals surface area (Å²) in [5.74, 6) is 2.00. The molecule has 1 N–H and O–H groups in total. The van der Waals surface area contributed by atoms with Gasteiger partial charge in [0.15, 0.2) is 11.0 Å². The Bertz CT molecular complexity index is 1070. The molecule has 33 heavy (non-hydrogen) atoms.